The molecule has 5 heteroatoms. The summed E-state index contributed by atoms with van der Waals surface area (Å²) in [6.45, 7) is 2.05. The van der Waals surface area contributed by atoms with Crippen LogP contribution in [0.2, 0.25) is 5.02 Å². The first-order valence-corrected chi connectivity index (χ1v) is 7.68. The Labute approximate surface area is 133 Å². The first kappa shape index (κ1) is 15.7. The molecule has 0 fully saturated rings. The smallest absolute Gasteiger partial charge is 0.344 e. The number of ether oxygens (including phenoxy) is 2. The SMILES string of the molecule is CCOC(=O)COc1ccc(Sc2ccc(Cl)cc2)cc1. The van der Waals surface area contributed by atoms with Gasteiger partial charge in [-0.15, -0.1) is 0 Å². The van der Waals surface area contributed by atoms with Gasteiger partial charge in [0.15, 0.2) is 6.61 Å². The van der Waals surface area contributed by atoms with Crippen LogP contribution in [-0.4, -0.2) is 19.2 Å². The molecule has 0 bridgehead atoms. The van der Waals surface area contributed by atoms with Gasteiger partial charge < -0.3 is 9.47 Å². The Bertz CT molecular complexity index is 581. The van der Waals surface area contributed by atoms with E-state index in [0.717, 1.165) is 14.8 Å². The van der Waals surface area contributed by atoms with Gasteiger partial charge in [0.1, 0.15) is 5.75 Å². The molecule has 0 radical (unpaired) electrons. The molecule has 110 valence electrons. The number of carbonyl (C=O) groups excluding carboxylic acids is 1. The molecule has 0 aliphatic heterocycles. The van der Waals surface area contributed by atoms with Gasteiger partial charge in [-0.1, -0.05) is 23.4 Å². The first-order valence-electron chi connectivity index (χ1n) is 6.49. The summed E-state index contributed by atoms with van der Waals surface area (Å²) in [6.07, 6.45) is 0. The minimum atomic E-state index is -0.364. The largest absolute Gasteiger partial charge is 0.482 e. The van der Waals surface area contributed by atoms with Crippen LogP contribution in [0.5, 0.6) is 5.75 Å². The third-order valence-corrected chi connectivity index (χ3v) is 3.80. The minimum Gasteiger partial charge on any atom is -0.482 e. The van der Waals surface area contributed by atoms with E-state index in [2.05, 4.69) is 0 Å². The first-order chi connectivity index (χ1) is 10.2. The van der Waals surface area contributed by atoms with Crippen LogP contribution in [0.4, 0.5) is 0 Å². The van der Waals surface area contributed by atoms with Crippen molar-refractivity contribution in [3.63, 3.8) is 0 Å². The maximum absolute atomic E-state index is 11.2. The summed E-state index contributed by atoms with van der Waals surface area (Å²) < 4.78 is 10.1. The Morgan fingerprint density at radius 3 is 2.19 bits per heavy atom. The van der Waals surface area contributed by atoms with Gasteiger partial charge in [-0.25, -0.2) is 4.79 Å². The number of halogens is 1. The molecule has 2 aromatic carbocycles. The molecular weight excluding hydrogens is 308 g/mol. The zero-order valence-corrected chi connectivity index (χ0v) is 13.1. The third-order valence-electron chi connectivity index (χ3n) is 2.54. The number of rotatable bonds is 6. The molecular formula is C16H15ClO3S. The van der Waals surface area contributed by atoms with Crippen molar-refractivity contribution in [2.24, 2.45) is 0 Å². The summed E-state index contributed by atoms with van der Waals surface area (Å²) in [5.74, 6) is 0.278. The Balaban J connectivity index is 1.89. The molecule has 21 heavy (non-hydrogen) atoms. The van der Waals surface area contributed by atoms with Crippen LogP contribution >= 0.6 is 23.4 Å². The zero-order valence-electron chi connectivity index (χ0n) is 11.5. The van der Waals surface area contributed by atoms with Gasteiger partial charge in [0.2, 0.25) is 0 Å². The van der Waals surface area contributed by atoms with Crippen molar-refractivity contribution in [2.45, 2.75) is 16.7 Å². The number of hydrogen-bond donors (Lipinski definition) is 0. The summed E-state index contributed by atoms with van der Waals surface area (Å²) in [4.78, 5) is 13.4. The van der Waals surface area contributed by atoms with Gasteiger partial charge in [0.05, 0.1) is 6.61 Å². The van der Waals surface area contributed by atoms with E-state index in [-0.39, 0.29) is 12.6 Å². The normalized spacial score (nSPS) is 10.2. The molecule has 0 N–H and O–H groups in total. The highest BCUT2D eigenvalue weighted by molar-refractivity contribution is 7.99. The summed E-state index contributed by atoms with van der Waals surface area (Å²) in [6, 6.07) is 15.2. The van der Waals surface area contributed by atoms with Crippen molar-refractivity contribution in [3.05, 3.63) is 53.6 Å². The lowest BCUT2D eigenvalue weighted by atomic mass is 10.3. The second-order valence-corrected chi connectivity index (χ2v) is 5.70. The lowest BCUT2D eigenvalue weighted by molar-refractivity contribution is -0.145. The van der Waals surface area contributed by atoms with Crippen molar-refractivity contribution in [1.82, 2.24) is 0 Å². The molecule has 0 atom stereocenters. The van der Waals surface area contributed by atoms with Crippen molar-refractivity contribution in [3.8, 4) is 5.75 Å². The van der Waals surface area contributed by atoms with Crippen molar-refractivity contribution < 1.29 is 14.3 Å². The zero-order chi connectivity index (χ0) is 15.1. The van der Waals surface area contributed by atoms with Crippen molar-refractivity contribution in [2.75, 3.05) is 13.2 Å². The molecule has 0 aliphatic rings. The highest BCUT2D eigenvalue weighted by atomic mass is 35.5. The van der Waals surface area contributed by atoms with Crippen LogP contribution in [0.1, 0.15) is 6.92 Å². The molecule has 0 unspecified atom stereocenters. The van der Waals surface area contributed by atoms with Crippen molar-refractivity contribution >= 4 is 29.3 Å². The van der Waals surface area contributed by atoms with Crippen LogP contribution in [-0.2, 0) is 9.53 Å². The topological polar surface area (TPSA) is 35.5 Å². The van der Waals surface area contributed by atoms with E-state index < -0.39 is 0 Å². The lowest BCUT2D eigenvalue weighted by Gasteiger charge is -2.07. The molecule has 0 amide bonds. The van der Waals surface area contributed by atoms with Gasteiger partial charge in [0.25, 0.3) is 0 Å². The van der Waals surface area contributed by atoms with Crippen molar-refractivity contribution in [1.29, 1.82) is 0 Å². The van der Waals surface area contributed by atoms with Gasteiger partial charge in [-0.2, -0.15) is 0 Å². The molecule has 0 saturated heterocycles. The second-order valence-electron chi connectivity index (χ2n) is 4.12. The molecule has 0 saturated carbocycles. The molecule has 2 aromatic rings. The van der Waals surface area contributed by atoms with Crippen LogP contribution in [0, 0.1) is 0 Å². The Hall–Kier alpha value is -1.65. The quantitative estimate of drug-likeness (QED) is 0.737. The highest BCUT2D eigenvalue weighted by Gasteiger charge is 2.03. The fraction of sp³-hybridized carbons (Fsp3) is 0.188. The minimum absolute atomic E-state index is 0.0719. The number of benzene rings is 2. The summed E-state index contributed by atoms with van der Waals surface area (Å²) >= 11 is 7.49. The maximum Gasteiger partial charge on any atom is 0.344 e. The van der Waals surface area contributed by atoms with E-state index in [1.807, 2.05) is 48.5 Å². The number of hydrogen-bond acceptors (Lipinski definition) is 4. The van der Waals surface area contributed by atoms with Crippen LogP contribution in [0.3, 0.4) is 0 Å². The number of carbonyl (C=O) groups is 1. The van der Waals surface area contributed by atoms with Gasteiger partial charge in [-0.3, -0.25) is 0 Å². The predicted octanol–water partition coefficient (Wildman–Crippen LogP) is 4.43. The summed E-state index contributed by atoms with van der Waals surface area (Å²) in [5.41, 5.74) is 0. The van der Waals surface area contributed by atoms with E-state index in [4.69, 9.17) is 21.1 Å². The predicted molar refractivity (Wildman–Crippen MR) is 84.1 cm³/mol. The Kier molecular flexibility index (Phi) is 5.96. The summed E-state index contributed by atoms with van der Waals surface area (Å²) in [7, 11) is 0. The molecule has 0 spiro atoms. The summed E-state index contributed by atoms with van der Waals surface area (Å²) in [5, 5.41) is 0.724. The van der Waals surface area contributed by atoms with Gasteiger partial charge in [0, 0.05) is 14.8 Å². The average molecular weight is 323 g/mol. The fourth-order valence-corrected chi connectivity index (χ4v) is 2.53. The molecule has 0 aliphatic carbocycles. The average Bonchev–Trinajstić information content (AvgIpc) is 2.49. The second kappa shape index (κ2) is 7.96. The highest BCUT2D eigenvalue weighted by Crippen LogP contribution is 2.29. The van der Waals surface area contributed by atoms with E-state index >= 15 is 0 Å². The third kappa shape index (κ3) is 5.33. The fourth-order valence-electron chi connectivity index (χ4n) is 1.59. The van der Waals surface area contributed by atoms with Crippen LogP contribution in [0.15, 0.2) is 58.3 Å². The standard InChI is InChI=1S/C16H15ClO3S/c1-2-19-16(18)11-20-13-5-9-15(10-6-13)21-14-7-3-12(17)4-8-14/h3-10H,2,11H2,1H3. The maximum atomic E-state index is 11.2. The molecule has 2 rings (SSSR count). The number of esters is 1. The van der Waals surface area contributed by atoms with E-state index in [9.17, 15) is 4.79 Å². The Morgan fingerprint density at radius 2 is 1.62 bits per heavy atom. The van der Waals surface area contributed by atoms with E-state index in [1.165, 1.54) is 0 Å². The van der Waals surface area contributed by atoms with Crippen LogP contribution < -0.4 is 4.74 Å². The lowest BCUT2D eigenvalue weighted by Crippen LogP contribution is -2.14. The van der Waals surface area contributed by atoms with Gasteiger partial charge in [-0.05, 0) is 55.5 Å². The molecule has 3 nitrogen and oxygen atoms in total. The monoisotopic (exact) mass is 322 g/mol. The van der Waals surface area contributed by atoms with Crippen LogP contribution in [0.25, 0.3) is 0 Å². The Morgan fingerprint density at radius 1 is 1.05 bits per heavy atom. The molecule has 0 aromatic heterocycles. The van der Waals surface area contributed by atoms with E-state index in [1.54, 1.807) is 18.7 Å². The van der Waals surface area contributed by atoms with Gasteiger partial charge >= 0.3 is 5.97 Å². The molecule has 0 heterocycles. The van der Waals surface area contributed by atoms with E-state index in [0.29, 0.717) is 12.4 Å².